The average Bonchev–Trinajstić information content (AvgIpc) is 3.13. The van der Waals surface area contributed by atoms with Crippen LogP contribution in [0.3, 0.4) is 0 Å². The fourth-order valence-electron chi connectivity index (χ4n) is 5.40. The monoisotopic (exact) mass is 474 g/mol. The molecule has 1 aromatic rings. The van der Waals surface area contributed by atoms with E-state index in [-0.39, 0.29) is 34.7 Å². The Balaban J connectivity index is 1.58. The van der Waals surface area contributed by atoms with Gasteiger partial charge >= 0.3 is 0 Å². The van der Waals surface area contributed by atoms with Crippen LogP contribution in [-0.2, 0) is 16.0 Å². The number of thioether (sulfide) groups is 1. The number of nitrogens with one attached hydrogen (secondary N) is 2. The minimum atomic E-state index is -0.515. The maximum absolute atomic E-state index is 13.7. The lowest BCUT2D eigenvalue weighted by Gasteiger charge is -2.35. The SMILES string of the molecule is C[C@H](N)C(=S)N[C@H]1CCSC2CC(C)(C)[C@@H](C(=O)N[C@H]3c4ccccc4C[C@H]3C)N2C1=O. The summed E-state index contributed by atoms with van der Waals surface area (Å²) in [6.45, 7) is 8.18. The molecule has 8 heteroatoms. The van der Waals surface area contributed by atoms with E-state index in [9.17, 15) is 9.59 Å². The molecular formula is C24H34N4O2S2. The Morgan fingerprint density at radius 1 is 1.31 bits per heavy atom. The minimum Gasteiger partial charge on any atom is -0.367 e. The van der Waals surface area contributed by atoms with Gasteiger partial charge in [-0.3, -0.25) is 9.59 Å². The molecule has 2 aliphatic heterocycles. The van der Waals surface area contributed by atoms with Crippen LogP contribution in [0.5, 0.6) is 0 Å². The maximum atomic E-state index is 13.7. The Morgan fingerprint density at radius 2 is 2.03 bits per heavy atom. The van der Waals surface area contributed by atoms with E-state index in [4.69, 9.17) is 18.0 Å². The van der Waals surface area contributed by atoms with Crippen molar-refractivity contribution in [3.63, 3.8) is 0 Å². The van der Waals surface area contributed by atoms with Gasteiger partial charge in [0.25, 0.3) is 0 Å². The van der Waals surface area contributed by atoms with Crippen LogP contribution in [-0.4, -0.2) is 51.0 Å². The Bertz CT molecular complexity index is 919. The molecule has 2 saturated heterocycles. The van der Waals surface area contributed by atoms with Gasteiger partial charge in [0.2, 0.25) is 11.8 Å². The van der Waals surface area contributed by atoms with Gasteiger partial charge in [-0.25, -0.2) is 0 Å². The Kier molecular flexibility index (Phi) is 6.58. The molecule has 174 valence electrons. The normalized spacial score (nSPS) is 32.0. The molecule has 2 amide bonds. The molecule has 0 saturated carbocycles. The van der Waals surface area contributed by atoms with Crippen LogP contribution in [0.2, 0.25) is 0 Å². The lowest BCUT2D eigenvalue weighted by Crippen LogP contribution is -2.57. The van der Waals surface area contributed by atoms with Crippen molar-refractivity contribution < 1.29 is 9.59 Å². The van der Waals surface area contributed by atoms with Crippen LogP contribution in [0, 0.1) is 11.3 Å². The van der Waals surface area contributed by atoms with Crippen molar-refractivity contribution in [1.29, 1.82) is 0 Å². The van der Waals surface area contributed by atoms with Crippen LogP contribution in [0.25, 0.3) is 0 Å². The molecule has 0 spiro atoms. The molecule has 3 aliphatic rings. The number of carbonyl (C=O) groups excluding carboxylic acids is 2. The largest absolute Gasteiger partial charge is 0.367 e. The van der Waals surface area contributed by atoms with Gasteiger partial charge in [-0.1, -0.05) is 57.3 Å². The van der Waals surface area contributed by atoms with Gasteiger partial charge in [-0.15, -0.1) is 11.8 Å². The van der Waals surface area contributed by atoms with E-state index in [1.54, 1.807) is 11.8 Å². The summed E-state index contributed by atoms with van der Waals surface area (Å²) in [5, 5.41) is 6.49. The average molecular weight is 475 g/mol. The molecule has 6 atom stereocenters. The van der Waals surface area contributed by atoms with Crippen LogP contribution in [0.1, 0.15) is 57.7 Å². The van der Waals surface area contributed by atoms with Crippen molar-refractivity contribution in [2.75, 3.05) is 5.75 Å². The molecule has 32 heavy (non-hydrogen) atoms. The van der Waals surface area contributed by atoms with Gasteiger partial charge in [0.1, 0.15) is 12.1 Å². The fraction of sp³-hybridized carbons (Fsp3) is 0.625. The predicted molar refractivity (Wildman–Crippen MR) is 133 cm³/mol. The number of amides is 2. The highest BCUT2D eigenvalue weighted by molar-refractivity contribution is 7.99. The quantitative estimate of drug-likeness (QED) is 0.582. The van der Waals surface area contributed by atoms with Crippen molar-refractivity contribution in [2.24, 2.45) is 17.1 Å². The smallest absolute Gasteiger partial charge is 0.246 e. The summed E-state index contributed by atoms with van der Waals surface area (Å²) in [6, 6.07) is 7.02. The highest BCUT2D eigenvalue weighted by Crippen LogP contribution is 2.47. The Morgan fingerprint density at radius 3 is 2.75 bits per heavy atom. The molecule has 0 radical (unpaired) electrons. The summed E-state index contributed by atoms with van der Waals surface area (Å²) in [4.78, 5) is 29.7. The summed E-state index contributed by atoms with van der Waals surface area (Å²) < 4.78 is 0. The van der Waals surface area contributed by atoms with E-state index >= 15 is 0 Å². The van der Waals surface area contributed by atoms with Crippen LogP contribution in [0.15, 0.2) is 24.3 Å². The lowest BCUT2D eigenvalue weighted by molar-refractivity contribution is -0.142. The molecule has 2 fully saturated rings. The first-order chi connectivity index (χ1) is 15.1. The first-order valence-electron chi connectivity index (χ1n) is 11.5. The van der Waals surface area contributed by atoms with Gasteiger partial charge in [-0.05, 0) is 54.4 Å². The Hall–Kier alpha value is -1.64. The molecule has 2 heterocycles. The first kappa shape index (κ1) is 23.5. The lowest BCUT2D eigenvalue weighted by atomic mass is 9.83. The van der Waals surface area contributed by atoms with E-state index < -0.39 is 12.1 Å². The van der Waals surface area contributed by atoms with Crippen molar-refractivity contribution in [1.82, 2.24) is 15.5 Å². The molecule has 0 bridgehead atoms. The first-order valence-corrected chi connectivity index (χ1v) is 12.9. The molecule has 1 aliphatic carbocycles. The number of rotatable bonds is 4. The predicted octanol–water partition coefficient (Wildman–Crippen LogP) is 2.76. The third kappa shape index (κ3) is 4.29. The van der Waals surface area contributed by atoms with Gasteiger partial charge in [-0.2, -0.15) is 0 Å². The molecule has 6 nitrogen and oxygen atoms in total. The van der Waals surface area contributed by atoms with Crippen LogP contribution >= 0.6 is 24.0 Å². The van der Waals surface area contributed by atoms with E-state index in [2.05, 4.69) is 43.5 Å². The van der Waals surface area contributed by atoms with E-state index in [0.717, 1.165) is 18.6 Å². The van der Waals surface area contributed by atoms with E-state index in [1.807, 2.05) is 24.0 Å². The molecule has 4 rings (SSSR count). The van der Waals surface area contributed by atoms with Crippen molar-refractivity contribution in [3.05, 3.63) is 35.4 Å². The van der Waals surface area contributed by atoms with Crippen molar-refractivity contribution in [2.45, 2.75) is 76.5 Å². The topological polar surface area (TPSA) is 87.5 Å². The van der Waals surface area contributed by atoms with Gasteiger partial charge < -0.3 is 21.3 Å². The zero-order valence-corrected chi connectivity index (χ0v) is 20.9. The highest BCUT2D eigenvalue weighted by atomic mass is 32.2. The second-order valence-electron chi connectivity index (χ2n) is 10.2. The maximum Gasteiger partial charge on any atom is 0.246 e. The third-order valence-corrected chi connectivity index (χ3v) is 8.82. The summed E-state index contributed by atoms with van der Waals surface area (Å²) >= 11 is 7.12. The van der Waals surface area contributed by atoms with Gasteiger partial charge in [0, 0.05) is 0 Å². The molecule has 0 aromatic heterocycles. The molecular weight excluding hydrogens is 440 g/mol. The molecule has 4 N–H and O–H groups in total. The number of nitrogens with zero attached hydrogens (tertiary/aromatic N) is 1. The molecule has 1 aromatic carbocycles. The van der Waals surface area contributed by atoms with E-state index in [1.165, 1.54) is 11.1 Å². The van der Waals surface area contributed by atoms with Crippen LogP contribution < -0.4 is 16.4 Å². The molecule has 1 unspecified atom stereocenters. The summed E-state index contributed by atoms with van der Waals surface area (Å²) in [5.74, 6) is 1.05. The van der Waals surface area contributed by atoms with Gasteiger partial charge in [0.05, 0.1) is 22.4 Å². The van der Waals surface area contributed by atoms with Gasteiger partial charge in [0.15, 0.2) is 0 Å². The summed E-state index contributed by atoms with van der Waals surface area (Å²) in [6.07, 6.45) is 2.42. The summed E-state index contributed by atoms with van der Waals surface area (Å²) in [5.41, 5.74) is 8.08. The number of hydrogen-bond donors (Lipinski definition) is 3. The number of thiocarbonyl (C=S) groups is 1. The Labute approximate surface area is 200 Å². The second kappa shape index (κ2) is 8.95. The number of nitrogens with two attached hydrogens (primary N) is 1. The summed E-state index contributed by atoms with van der Waals surface area (Å²) in [7, 11) is 0. The number of hydrogen-bond acceptors (Lipinski definition) is 5. The number of carbonyl (C=O) groups is 2. The number of fused-ring (bicyclic) bond motifs is 2. The van der Waals surface area contributed by atoms with E-state index in [0.29, 0.717) is 17.3 Å². The fourth-order valence-corrected chi connectivity index (χ4v) is 7.12. The zero-order valence-electron chi connectivity index (χ0n) is 19.3. The second-order valence-corrected chi connectivity index (χ2v) is 11.9. The van der Waals surface area contributed by atoms with Crippen molar-refractivity contribution >= 4 is 40.8 Å². The standard InChI is InChI=1S/C24H34N4O2S2/c1-13-11-15-7-5-6-8-16(15)19(13)27-21(29)20-24(3,4)12-18-28(20)23(30)17(9-10-32-18)26-22(31)14(2)25/h5-8,13-14,17-20H,9-12,25H2,1-4H3,(H,26,31)(H,27,29)/t13-,14+,17+,18?,19-,20-/m1/s1. The van der Waals surface area contributed by atoms with Crippen LogP contribution in [0.4, 0.5) is 0 Å². The van der Waals surface area contributed by atoms with Crippen molar-refractivity contribution in [3.8, 4) is 0 Å². The third-order valence-electron chi connectivity index (χ3n) is 7.08. The number of benzene rings is 1. The highest BCUT2D eigenvalue weighted by Gasteiger charge is 2.54. The zero-order chi connectivity index (χ0) is 23.2. The minimum absolute atomic E-state index is 0.00258.